The van der Waals surface area contributed by atoms with Crippen LogP contribution >= 0.6 is 0 Å². The average molecular weight is 373 g/mol. The van der Waals surface area contributed by atoms with Gasteiger partial charge in [-0.2, -0.15) is 0 Å². The van der Waals surface area contributed by atoms with E-state index in [9.17, 15) is 18.3 Å². The highest BCUT2D eigenvalue weighted by molar-refractivity contribution is 7.89. The van der Waals surface area contributed by atoms with E-state index in [-0.39, 0.29) is 33.6 Å². The molecular formula is C20H23NO4S. The summed E-state index contributed by atoms with van der Waals surface area (Å²) in [6.07, 6.45) is 5.59. The summed E-state index contributed by atoms with van der Waals surface area (Å²) in [5.74, 6) is 1.62. The molecule has 1 aromatic carbocycles. The maximum Gasteiger partial charge on any atom is 0.265 e. The van der Waals surface area contributed by atoms with Crippen LogP contribution in [-0.4, -0.2) is 30.7 Å². The Morgan fingerprint density at radius 2 is 1.62 bits per heavy atom. The largest absolute Gasteiger partial charge is 0.505 e. The van der Waals surface area contributed by atoms with Gasteiger partial charge in [-0.05, 0) is 67.9 Å². The van der Waals surface area contributed by atoms with Gasteiger partial charge in [0.1, 0.15) is 5.70 Å². The summed E-state index contributed by atoms with van der Waals surface area (Å²) in [4.78, 5) is 13.5. The molecule has 0 radical (unpaired) electrons. The molecule has 0 spiro atoms. The summed E-state index contributed by atoms with van der Waals surface area (Å²) in [6, 6.07) is 6.35. The molecule has 4 aliphatic carbocycles. The molecule has 0 amide bonds. The van der Waals surface area contributed by atoms with Gasteiger partial charge in [-0.3, -0.25) is 9.10 Å². The molecule has 0 saturated heterocycles. The van der Waals surface area contributed by atoms with Gasteiger partial charge in [-0.25, -0.2) is 8.42 Å². The van der Waals surface area contributed by atoms with Crippen LogP contribution in [0.5, 0.6) is 0 Å². The Morgan fingerprint density at radius 3 is 2.23 bits per heavy atom. The van der Waals surface area contributed by atoms with Gasteiger partial charge in [0, 0.05) is 18.5 Å². The van der Waals surface area contributed by atoms with Crippen LogP contribution in [0.1, 0.15) is 37.7 Å². The quantitative estimate of drug-likeness (QED) is 0.864. The second-order valence-electron chi connectivity index (χ2n) is 8.49. The van der Waals surface area contributed by atoms with Crippen LogP contribution in [0.4, 0.5) is 0 Å². The molecule has 4 saturated carbocycles. The monoisotopic (exact) mass is 373 g/mol. The topological polar surface area (TPSA) is 74.7 Å². The van der Waals surface area contributed by atoms with Crippen molar-refractivity contribution in [3.63, 3.8) is 0 Å². The number of Topliss-reactive ketones (excluding diaryl/α,β-unsaturated/α-hetero) is 1. The average Bonchev–Trinajstić information content (AvgIpc) is 2.60. The van der Waals surface area contributed by atoms with Crippen molar-refractivity contribution in [2.45, 2.75) is 37.0 Å². The maximum atomic E-state index is 13.5. The van der Waals surface area contributed by atoms with Gasteiger partial charge in [-0.15, -0.1) is 0 Å². The molecule has 138 valence electrons. The number of aliphatic hydroxyl groups is 1. The summed E-state index contributed by atoms with van der Waals surface area (Å²) in [7, 11) is -2.44. The minimum Gasteiger partial charge on any atom is -0.505 e. The van der Waals surface area contributed by atoms with Crippen molar-refractivity contribution in [1.82, 2.24) is 4.31 Å². The minimum atomic E-state index is -3.82. The predicted molar refractivity (Wildman–Crippen MR) is 96.5 cm³/mol. The fraction of sp³-hybridized carbons (Fsp3) is 0.550. The minimum absolute atomic E-state index is 0.0406. The van der Waals surface area contributed by atoms with Crippen molar-refractivity contribution in [3.05, 3.63) is 35.5 Å². The van der Waals surface area contributed by atoms with Gasteiger partial charge in [0.15, 0.2) is 11.5 Å². The molecule has 0 atom stereocenters. The van der Waals surface area contributed by atoms with Gasteiger partial charge in [0.2, 0.25) is 0 Å². The van der Waals surface area contributed by atoms with Crippen molar-refractivity contribution >= 4 is 21.6 Å². The molecule has 1 aromatic rings. The van der Waals surface area contributed by atoms with Crippen LogP contribution in [0.3, 0.4) is 0 Å². The van der Waals surface area contributed by atoms with E-state index in [0.717, 1.165) is 41.8 Å². The highest BCUT2D eigenvalue weighted by Gasteiger charge is 2.52. The molecule has 1 heterocycles. The third-order valence-corrected chi connectivity index (χ3v) is 8.90. The third kappa shape index (κ3) is 2.08. The number of ketones is 1. The number of carbonyl (C=O) groups is 1. The molecule has 6 rings (SSSR count). The Labute approximate surface area is 153 Å². The zero-order chi connectivity index (χ0) is 18.2. The van der Waals surface area contributed by atoms with E-state index in [2.05, 4.69) is 0 Å². The maximum absolute atomic E-state index is 13.5. The lowest BCUT2D eigenvalue weighted by Gasteiger charge is -2.54. The highest BCUT2D eigenvalue weighted by atomic mass is 32.2. The number of carbonyl (C=O) groups excluding carboxylic acids is 1. The first-order valence-electron chi connectivity index (χ1n) is 9.43. The van der Waals surface area contributed by atoms with Crippen molar-refractivity contribution in [2.24, 2.45) is 29.6 Å². The molecule has 4 bridgehead atoms. The molecule has 1 N–H and O–H groups in total. The molecule has 0 aromatic heterocycles. The first kappa shape index (κ1) is 16.4. The Morgan fingerprint density at radius 1 is 1.04 bits per heavy atom. The smallest absolute Gasteiger partial charge is 0.265 e. The first-order valence-corrected chi connectivity index (χ1v) is 10.9. The van der Waals surface area contributed by atoms with Crippen LogP contribution in [-0.2, 0) is 14.8 Å². The number of fused-ring (bicyclic) bond motifs is 1. The van der Waals surface area contributed by atoms with Gasteiger partial charge >= 0.3 is 0 Å². The normalized spacial score (nSPS) is 37.0. The first-order chi connectivity index (χ1) is 12.4. The summed E-state index contributed by atoms with van der Waals surface area (Å²) in [5, 5.41) is 10.8. The number of aliphatic hydroxyl groups excluding tert-OH is 1. The molecule has 26 heavy (non-hydrogen) atoms. The molecular weight excluding hydrogens is 350 g/mol. The predicted octanol–water partition coefficient (Wildman–Crippen LogP) is 3.19. The molecule has 6 heteroatoms. The third-order valence-electron chi connectivity index (χ3n) is 7.08. The summed E-state index contributed by atoms with van der Waals surface area (Å²) in [5.41, 5.74) is 0.193. The summed E-state index contributed by atoms with van der Waals surface area (Å²) >= 11 is 0. The zero-order valence-corrected chi connectivity index (χ0v) is 15.6. The number of hydrogen-bond acceptors (Lipinski definition) is 4. The van der Waals surface area contributed by atoms with Gasteiger partial charge in [0.25, 0.3) is 10.0 Å². The Balaban J connectivity index is 1.60. The van der Waals surface area contributed by atoms with Gasteiger partial charge in [0.05, 0.1) is 4.90 Å². The molecule has 0 unspecified atom stereocenters. The van der Waals surface area contributed by atoms with E-state index in [1.165, 1.54) is 19.5 Å². The standard InChI is InChI=1S/C20H23NO4S/c1-21-18(19(22)15-4-2-3-5-16(15)26(21,24)25)20(23)17-13-7-11-6-12(9-13)10-14(17)8-11/h2-5,11-14,17,22H,6-10H2,1H3. The molecule has 4 fully saturated rings. The lowest BCUT2D eigenvalue weighted by molar-refractivity contribution is -0.133. The Bertz CT molecular complexity index is 905. The van der Waals surface area contributed by atoms with Crippen LogP contribution in [0.15, 0.2) is 34.9 Å². The van der Waals surface area contributed by atoms with Crippen LogP contribution in [0, 0.1) is 29.6 Å². The second kappa shape index (κ2) is 5.35. The molecule has 1 aliphatic heterocycles. The fourth-order valence-corrected chi connectivity index (χ4v) is 7.62. The number of allylic oxidation sites excluding steroid dienone is 1. The van der Waals surface area contributed by atoms with Crippen molar-refractivity contribution in [3.8, 4) is 0 Å². The van der Waals surface area contributed by atoms with Crippen molar-refractivity contribution in [2.75, 3.05) is 7.05 Å². The van der Waals surface area contributed by atoms with Crippen molar-refractivity contribution in [1.29, 1.82) is 0 Å². The number of sulfonamides is 1. The van der Waals surface area contributed by atoms with Gasteiger partial charge < -0.3 is 5.11 Å². The van der Waals surface area contributed by atoms with E-state index in [1.54, 1.807) is 18.2 Å². The second-order valence-corrected chi connectivity index (χ2v) is 10.4. The fourth-order valence-electron chi connectivity index (χ4n) is 6.21. The van der Waals surface area contributed by atoms with E-state index in [1.807, 2.05) is 0 Å². The van der Waals surface area contributed by atoms with Crippen LogP contribution < -0.4 is 0 Å². The lowest BCUT2D eigenvalue weighted by Crippen LogP contribution is -2.50. The number of benzene rings is 1. The Hall–Kier alpha value is -1.82. The van der Waals surface area contributed by atoms with E-state index < -0.39 is 10.0 Å². The number of hydrogen-bond donors (Lipinski definition) is 1. The number of likely N-dealkylation sites (N-methyl/N-ethyl adjacent to an activating group) is 1. The van der Waals surface area contributed by atoms with E-state index >= 15 is 0 Å². The summed E-state index contributed by atoms with van der Waals surface area (Å²) in [6.45, 7) is 0. The Kier molecular flexibility index (Phi) is 3.36. The van der Waals surface area contributed by atoms with E-state index in [0.29, 0.717) is 11.8 Å². The number of rotatable bonds is 2. The van der Waals surface area contributed by atoms with Crippen molar-refractivity contribution < 1.29 is 18.3 Å². The SMILES string of the molecule is CN1C(C(=O)C2C3CC4CC(C3)CC2C4)=C(O)c2ccccc2S1(=O)=O. The summed E-state index contributed by atoms with van der Waals surface area (Å²) < 4.78 is 26.8. The highest BCUT2D eigenvalue weighted by Crippen LogP contribution is 2.57. The van der Waals surface area contributed by atoms with E-state index in [4.69, 9.17) is 0 Å². The lowest BCUT2D eigenvalue weighted by atomic mass is 9.51. The number of nitrogens with zero attached hydrogens (tertiary/aromatic N) is 1. The zero-order valence-electron chi connectivity index (χ0n) is 14.8. The van der Waals surface area contributed by atoms with Crippen LogP contribution in [0.2, 0.25) is 0 Å². The van der Waals surface area contributed by atoms with Crippen LogP contribution in [0.25, 0.3) is 5.76 Å². The molecule has 5 nitrogen and oxygen atoms in total. The molecule has 5 aliphatic rings. The van der Waals surface area contributed by atoms with Gasteiger partial charge in [-0.1, -0.05) is 12.1 Å².